The SMILES string of the molecule is c1ccc(-c2cccc(-c3c4ccccc4c(-c4cccc(-c5ccccc5)n4)c4ccccc34)n2)cc1. The molecule has 0 N–H and O–H groups in total. The quantitative estimate of drug-likeness (QED) is 0.233. The number of hydrogen-bond donors (Lipinski definition) is 0. The monoisotopic (exact) mass is 484 g/mol. The number of pyridine rings is 2. The molecule has 38 heavy (non-hydrogen) atoms. The number of fused-ring (bicyclic) bond motifs is 2. The molecule has 0 aliphatic carbocycles. The Bertz CT molecular complexity index is 1710. The number of nitrogens with zero attached hydrogens (tertiary/aromatic N) is 2. The van der Waals surface area contributed by atoms with Crippen LogP contribution in [0.3, 0.4) is 0 Å². The van der Waals surface area contributed by atoms with Crippen molar-refractivity contribution in [1.29, 1.82) is 0 Å². The van der Waals surface area contributed by atoms with Gasteiger partial charge in [-0.1, -0.05) is 121 Å². The number of aromatic nitrogens is 2. The maximum absolute atomic E-state index is 5.15. The molecule has 7 aromatic rings. The predicted octanol–water partition coefficient (Wildman–Crippen LogP) is 9.45. The van der Waals surface area contributed by atoms with E-state index in [0.717, 1.165) is 45.0 Å². The van der Waals surface area contributed by atoms with Crippen molar-refractivity contribution in [3.05, 3.63) is 146 Å². The first kappa shape index (κ1) is 22.1. The van der Waals surface area contributed by atoms with Gasteiger partial charge >= 0.3 is 0 Å². The molecule has 0 atom stereocenters. The second kappa shape index (κ2) is 9.42. The molecule has 0 amide bonds. The minimum absolute atomic E-state index is 0.969. The first-order chi connectivity index (χ1) is 18.9. The lowest BCUT2D eigenvalue weighted by Gasteiger charge is -2.17. The summed E-state index contributed by atoms with van der Waals surface area (Å²) in [5.41, 5.74) is 8.40. The van der Waals surface area contributed by atoms with Gasteiger partial charge < -0.3 is 0 Å². The van der Waals surface area contributed by atoms with Crippen LogP contribution in [0.25, 0.3) is 66.6 Å². The summed E-state index contributed by atoms with van der Waals surface area (Å²) in [7, 11) is 0. The van der Waals surface area contributed by atoms with E-state index in [1.165, 1.54) is 21.5 Å². The summed E-state index contributed by atoms with van der Waals surface area (Å²) in [5, 5.41) is 4.69. The van der Waals surface area contributed by atoms with E-state index in [4.69, 9.17) is 9.97 Å². The predicted molar refractivity (Wildman–Crippen MR) is 159 cm³/mol. The van der Waals surface area contributed by atoms with Crippen molar-refractivity contribution in [2.75, 3.05) is 0 Å². The van der Waals surface area contributed by atoms with Gasteiger partial charge in [0, 0.05) is 22.3 Å². The van der Waals surface area contributed by atoms with E-state index in [-0.39, 0.29) is 0 Å². The van der Waals surface area contributed by atoms with Gasteiger partial charge in [0.2, 0.25) is 0 Å². The average molecular weight is 485 g/mol. The van der Waals surface area contributed by atoms with Crippen molar-refractivity contribution in [2.24, 2.45) is 0 Å². The molecule has 7 rings (SSSR count). The van der Waals surface area contributed by atoms with Gasteiger partial charge in [0.25, 0.3) is 0 Å². The number of benzene rings is 5. The summed E-state index contributed by atoms with van der Waals surface area (Å²) < 4.78 is 0. The Labute approximate surface area is 221 Å². The lowest BCUT2D eigenvalue weighted by molar-refractivity contribution is 1.33. The highest BCUT2D eigenvalue weighted by Gasteiger charge is 2.18. The van der Waals surface area contributed by atoms with Gasteiger partial charge in [-0.05, 0) is 45.8 Å². The fraction of sp³-hybridized carbons (Fsp3) is 0. The Balaban J connectivity index is 1.51. The highest BCUT2D eigenvalue weighted by atomic mass is 14.7. The van der Waals surface area contributed by atoms with Crippen molar-refractivity contribution in [1.82, 2.24) is 9.97 Å². The molecule has 2 aromatic heterocycles. The van der Waals surface area contributed by atoms with Gasteiger partial charge in [-0.15, -0.1) is 0 Å². The summed E-state index contributed by atoms with van der Waals surface area (Å²) in [6.07, 6.45) is 0. The summed E-state index contributed by atoms with van der Waals surface area (Å²) in [4.78, 5) is 10.3. The summed E-state index contributed by atoms with van der Waals surface area (Å²) in [6, 6.07) is 50.6. The van der Waals surface area contributed by atoms with E-state index in [2.05, 4.69) is 133 Å². The van der Waals surface area contributed by atoms with Crippen LogP contribution < -0.4 is 0 Å². The smallest absolute Gasteiger partial charge is 0.0722 e. The molecule has 2 heteroatoms. The second-order valence-electron chi connectivity index (χ2n) is 9.39. The number of rotatable bonds is 4. The zero-order valence-corrected chi connectivity index (χ0v) is 20.8. The largest absolute Gasteiger partial charge is 0.248 e. The molecule has 0 spiro atoms. The van der Waals surface area contributed by atoms with Crippen molar-refractivity contribution >= 4 is 21.5 Å². The molecule has 0 saturated heterocycles. The summed E-state index contributed by atoms with van der Waals surface area (Å²) in [5.74, 6) is 0. The Kier molecular flexibility index (Phi) is 5.49. The normalized spacial score (nSPS) is 11.2. The molecule has 2 nitrogen and oxygen atoms in total. The van der Waals surface area contributed by atoms with Crippen LogP contribution in [-0.2, 0) is 0 Å². The average Bonchev–Trinajstić information content (AvgIpc) is 3.01. The summed E-state index contributed by atoms with van der Waals surface area (Å²) >= 11 is 0. The maximum atomic E-state index is 5.15. The highest BCUT2D eigenvalue weighted by Crippen LogP contribution is 2.43. The minimum atomic E-state index is 0.969. The van der Waals surface area contributed by atoms with Gasteiger partial charge in [-0.2, -0.15) is 0 Å². The van der Waals surface area contributed by atoms with Crippen molar-refractivity contribution in [2.45, 2.75) is 0 Å². The van der Waals surface area contributed by atoms with Crippen LogP contribution in [0.1, 0.15) is 0 Å². The highest BCUT2D eigenvalue weighted by molar-refractivity contribution is 6.20. The van der Waals surface area contributed by atoms with E-state index in [1.807, 2.05) is 12.1 Å². The van der Waals surface area contributed by atoms with Crippen molar-refractivity contribution in [3.8, 4) is 45.0 Å². The van der Waals surface area contributed by atoms with Crippen LogP contribution in [-0.4, -0.2) is 9.97 Å². The molecular weight excluding hydrogens is 460 g/mol. The van der Waals surface area contributed by atoms with Crippen LogP contribution in [0.15, 0.2) is 146 Å². The minimum Gasteiger partial charge on any atom is -0.248 e. The molecule has 2 heterocycles. The van der Waals surface area contributed by atoms with E-state index in [0.29, 0.717) is 0 Å². The van der Waals surface area contributed by atoms with Gasteiger partial charge in [-0.25, -0.2) is 9.97 Å². The first-order valence-electron chi connectivity index (χ1n) is 12.9. The molecular formula is C36H24N2. The fourth-order valence-corrected chi connectivity index (χ4v) is 5.37. The zero-order chi connectivity index (χ0) is 25.3. The molecule has 0 bridgehead atoms. The summed E-state index contributed by atoms with van der Waals surface area (Å²) in [6.45, 7) is 0. The van der Waals surface area contributed by atoms with Gasteiger partial charge in [0.05, 0.1) is 22.8 Å². The standard InChI is InChI=1S/C36H24N2/c1-3-13-25(14-4-1)31-21-11-23-33(37-31)35-27-17-7-9-19-29(27)36(30-20-10-8-18-28(30)35)34-24-12-22-32(38-34)26-15-5-2-6-16-26/h1-24H. The maximum Gasteiger partial charge on any atom is 0.0722 e. The Morgan fingerprint density at radius 3 is 0.947 bits per heavy atom. The van der Waals surface area contributed by atoms with Crippen LogP contribution in [0.4, 0.5) is 0 Å². The van der Waals surface area contributed by atoms with Crippen molar-refractivity contribution in [3.63, 3.8) is 0 Å². The van der Waals surface area contributed by atoms with Gasteiger partial charge in [-0.3, -0.25) is 0 Å². The van der Waals surface area contributed by atoms with Crippen LogP contribution in [0.5, 0.6) is 0 Å². The lowest BCUT2D eigenvalue weighted by atomic mass is 9.88. The molecule has 0 aliphatic heterocycles. The van der Waals surface area contributed by atoms with Crippen LogP contribution in [0, 0.1) is 0 Å². The molecule has 5 aromatic carbocycles. The molecule has 0 radical (unpaired) electrons. The van der Waals surface area contributed by atoms with E-state index < -0.39 is 0 Å². The molecule has 0 fully saturated rings. The van der Waals surface area contributed by atoms with Gasteiger partial charge in [0.15, 0.2) is 0 Å². The lowest BCUT2D eigenvalue weighted by Crippen LogP contribution is -1.95. The number of hydrogen-bond acceptors (Lipinski definition) is 2. The molecule has 178 valence electrons. The topological polar surface area (TPSA) is 25.8 Å². The van der Waals surface area contributed by atoms with Crippen molar-refractivity contribution < 1.29 is 0 Å². The Morgan fingerprint density at radius 1 is 0.263 bits per heavy atom. The molecule has 0 saturated carbocycles. The molecule has 0 unspecified atom stereocenters. The van der Waals surface area contributed by atoms with E-state index in [9.17, 15) is 0 Å². The fourth-order valence-electron chi connectivity index (χ4n) is 5.37. The zero-order valence-electron chi connectivity index (χ0n) is 20.8. The molecule has 0 aliphatic rings. The van der Waals surface area contributed by atoms with E-state index in [1.54, 1.807) is 0 Å². The third kappa shape index (κ3) is 3.84. The Morgan fingerprint density at radius 2 is 0.579 bits per heavy atom. The Hall–Kier alpha value is -5.08. The third-order valence-corrected chi connectivity index (χ3v) is 7.08. The van der Waals surface area contributed by atoms with Gasteiger partial charge in [0.1, 0.15) is 0 Å². The second-order valence-corrected chi connectivity index (χ2v) is 9.39. The van der Waals surface area contributed by atoms with Crippen LogP contribution in [0.2, 0.25) is 0 Å². The van der Waals surface area contributed by atoms with Crippen LogP contribution >= 0.6 is 0 Å². The third-order valence-electron chi connectivity index (χ3n) is 7.08. The first-order valence-corrected chi connectivity index (χ1v) is 12.9. The van der Waals surface area contributed by atoms with E-state index >= 15 is 0 Å².